The molecule has 0 saturated heterocycles. The van der Waals surface area contributed by atoms with Crippen LogP contribution in [-0.4, -0.2) is 20.9 Å². The van der Waals surface area contributed by atoms with Crippen LogP contribution in [0, 0.1) is 23.0 Å². The van der Waals surface area contributed by atoms with Gasteiger partial charge in [-0.2, -0.15) is 4.98 Å². The maximum atomic E-state index is 11.0. The number of anilines is 2. The number of nitrogens with two attached hydrogens (primary N) is 1. The summed E-state index contributed by atoms with van der Waals surface area (Å²) in [6.45, 7) is 7.81. The van der Waals surface area contributed by atoms with Crippen molar-refractivity contribution in [3.8, 4) is 0 Å². The molecule has 0 aliphatic rings. The van der Waals surface area contributed by atoms with Crippen molar-refractivity contribution >= 4 is 17.5 Å². The van der Waals surface area contributed by atoms with Crippen LogP contribution in [0.1, 0.15) is 39.3 Å². The third-order valence-corrected chi connectivity index (χ3v) is 2.82. The van der Waals surface area contributed by atoms with Crippen LogP contribution < -0.4 is 11.1 Å². The highest BCUT2D eigenvalue weighted by atomic mass is 16.6. The lowest BCUT2D eigenvalue weighted by Crippen LogP contribution is -2.19. The van der Waals surface area contributed by atoms with Crippen molar-refractivity contribution in [3.05, 3.63) is 15.8 Å². The predicted octanol–water partition coefficient (Wildman–Crippen LogP) is 2.51. The Bertz CT molecular complexity index is 462. The van der Waals surface area contributed by atoms with Gasteiger partial charge in [-0.15, -0.1) is 0 Å². The summed E-state index contributed by atoms with van der Waals surface area (Å²) >= 11 is 0. The van der Waals surface area contributed by atoms with Crippen molar-refractivity contribution in [1.29, 1.82) is 0 Å². The molecule has 0 bridgehead atoms. The van der Waals surface area contributed by atoms with Crippen molar-refractivity contribution in [1.82, 2.24) is 9.97 Å². The van der Waals surface area contributed by atoms with E-state index in [0.29, 0.717) is 5.92 Å². The maximum Gasteiger partial charge on any atom is 0.332 e. The molecule has 0 fully saturated rings. The monoisotopic (exact) mass is 267 g/mol. The molecule has 0 saturated carbocycles. The topological polar surface area (TPSA) is 107 Å². The average Bonchev–Trinajstić information content (AvgIpc) is 2.24. The van der Waals surface area contributed by atoms with E-state index in [-0.39, 0.29) is 29.2 Å². The van der Waals surface area contributed by atoms with Crippen LogP contribution in [0.3, 0.4) is 0 Å². The molecule has 0 aliphatic carbocycles. The second-order valence-corrected chi connectivity index (χ2v) is 5.14. The predicted molar refractivity (Wildman–Crippen MR) is 75.0 cm³/mol. The zero-order chi connectivity index (χ0) is 14.6. The molecule has 1 unspecified atom stereocenters. The minimum Gasteiger partial charge on any atom is -0.368 e. The minimum atomic E-state index is -0.480. The van der Waals surface area contributed by atoms with E-state index in [9.17, 15) is 10.1 Å². The van der Waals surface area contributed by atoms with Crippen LogP contribution in [0.4, 0.5) is 17.5 Å². The second-order valence-electron chi connectivity index (χ2n) is 5.14. The maximum absolute atomic E-state index is 11.0. The van der Waals surface area contributed by atoms with E-state index in [0.717, 1.165) is 12.8 Å². The van der Waals surface area contributed by atoms with Crippen LogP contribution in [0.25, 0.3) is 0 Å². The molecular weight excluding hydrogens is 246 g/mol. The first-order valence-corrected chi connectivity index (χ1v) is 6.36. The Morgan fingerprint density at radius 3 is 2.47 bits per heavy atom. The molecule has 7 heteroatoms. The molecule has 3 N–H and O–H groups in total. The lowest BCUT2D eigenvalue weighted by Gasteiger charge is -2.16. The fourth-order valence-corrected chi connectivity index (χ4v) is 1.80. The Kier molecular flexibility index (Phi) is 5.02. The second kappa shape index (κ2) is 6.31. The number of hydrogen-bond acceptors (Lipinski definition) is 6. The lowest BCUT2D eigenvalue weighted by molar-refractivity contribution is -0.385. The van der Waals surface area contributed by atoms with Gasteiger partial charge in [0, 0.05) is 6.04 Å². The molecule has 0 aliphatic heterocycles. The Morgan fingerprint density at radius 2 is 1.95 bits per heavy atom. The highest BCUT2D eigenvalue weighted by molar-refractivity contribution is 5.60. The zero-order valence-electron chi connectivity index (χ0n) is 11.8. The summed E-state index contributed by atoms with van der Waals surface area (Å²) in [5, 5.41) is 14.1. The molecule has 1 aromatic rings. The SMILES string of the molecule is Cc1nc(N)nc(NC(C)CCC(C)C)c1[N+](=O)[O-]. The van der Waals surface area contributed by atoms with Crippen molar-refractivity contribution in [2.75, 3.05) is 11.1 Å². The van der Waals surface area contributed by atoms with Crippen LogP contribution in [0.15, 0.2) is 0 Å². The number of hydrogen-bond donors (Lipinski definition) is 2. The Hall–Kier alpha value is -1.92. The third-order valence-electron chi connectivity index (χ3n) is 2.82. The van der Waals surface area contributed by atoms with Gasteiger partial charge in [0.1, 0.15) is 5.69 Å². The summed E-state index contributed by atoms with van der Waals surface area (Å²) in [6.07, 6.45) is 1.96. The summed E-state index contributed by atoms with van der Waals surface area (Å²) < 4.78 is 0. The van der Waals surface area contributed by atoms with E-state index in [2.05, 4.69) is 29.1 Å². The Balaban J connectivity index is 2.90. The van der Waals surface area contributed by atoms with Gasteiger partial charge >= 0.3 is 5.69 Å². The van der Waals surface area contributed by atoms with E-state index >= 15 is 0 Å². The van der Waals surface area contributed by atoms with E-state index < -0.39 is 4.92 Å². The largest absolute Gasteiger partial charge is 0.368 e. The number of nitrogens with zero attached hydrogens (tertiary/aromatic N) is 3. The van der Waals surface area contributed by atoms with Gasteiger partial charge in [-0.05, 0) is 32.6 Å². The van der Waals surface area contributed by atoms with Gasteiger partial charge in [0.05, 0.1) is 4.92 Å². The molecule has 0 amide bonds. The summed E-state index contributed by atoms with van der Waals surface area (Å²) in [7, 11) is 0. The first-order chi connectivity index (χ1) is 8.81. The molecule has 106 valence electrons. The highest BCUT2D eigenvalue weighted by Crippen LogP contribution is 2.26. The summed E-state index contributed by atoms with van der Waals surface area (Å²) in [5.41, 5.74) is 5.71. The number of rotatable bonds is 6. The summed E-state index contributed by atoms with van der Waals surface area (Å²) in [6, 6.07) is 0.0924. The molecule has 1 atom stereocenters. The normalized spacial score (nSPS) is 12.5. The molecule has 0 aromatic carbocycles. The first-order valence-electron chi connectivity index (χ1n) is 6.36. The third kappa shape index (κ3) is 4.35. The Morgan fingerprint density at radius 1 is 1.32 bits per heavy atom. The molecule has 0 radical (unpaired) electrons. The van der Waals surface area contributed by atoms with Gasteiger partial charge in [-0.25, -0.2) is 4.98 Å². The van der Waals surface area contributed by atoms with E-state index in [1.165, 1.54) is 0 Å². The zero-order valence-corrected chi connectivity index (χ0v) is 11.8. The number of nitrogens with one attached hydrogen (secondary N) is 1. The Labute approximate surface area is 112 Å². The molecule has 1 aromatic heterocycles. The van der Waals surface area contributed by atoms with Gasteiger partial charge in [0.15, 0.2) is 0 Å². The van der Waals surface area contributed by atoms with Crippen molar-refractivity contribution in [2.24, 2.45) is 5.92 Å². The number of aromatic nitrogens is 2. The van der Waals surface area contributed by atoms with Crippen molar-refractivity contribution in [2.45, 2.75) is 46.6 Å². The van der Waals surface area contributed by atoms with Gasteiger partial charge < -0.3 is 11.1 Å². The number of aryl methyl sites for hydroxylation is 1. The number of nitro groups is 1. The van der Waals surface area contributed by atoms with Gasteiger partial charge in [-0.3, -0.25) is 10.1 Å². The molecule has 19 heavy (non-hydrogen) atoms. The first kappa shape index (κ1) is 15.1. The van der Waals surface area contributed by atoms with Crippen LogP contribution >= 0.6 is 0 Å². The standard InChI is InChI=1S/C12H21N5O2/c1-7(2)5-6-8(3)14-11-10(17(18)19)9(4)15-12(13)16-11/h7-8H,5-6H2,1-4H3,(H3,13,14,15,16). The van der Waals surface area contributed by atoms with E-state index in [4.69, 9.17) is 5.73 Å². The smallest absolute Gasteiger partial charge is 0.332 e. The van der Waals surface area contributed by atoms with Crippen LogP contribution in [0.2, 0.25) is 0 Å². The highest BCUT2D eigenvalue weighted by Gasteiger charge is 2.22. The van der Waals surface area contributed by atoms with Crippen LogP contribution in [0.5, 0.6) is 0 Å². The number of nitrogen functional groups attached to an aromatic ring is 1. The van der Waals surface area contributed by atoms with Crippen molar-refractivity contribution < 1.29 is 4.92 Å². The molecule has 1 rings (SSSR count). The molecule has 0 spiro atoms. The fraction of sp³-hybridized carbons (Fsp3) is 0.667. The van der Waals surface area contributed by atoms with Crippen LogP contribution in [-0.2, 0) is 0 Å². The lowest BCUT2D eigenvalue weighted by atomic mass is 10.0. The minimum absolute atomic E-state index is 0.0432. The quantitative estimate of drug-likeness (QED) is 0.605. The van der Waals surface area contributed by atoms with E-state index in [1.54, 1.807) is 6.92 Å². The molecular formula is C12H21N5O2. The average molecular weight is 267 g/mol. The summed E-state index contributed by atoms with van der Waals surface area (Å²) in [5.74, 6) is 0.837. The molecule has 1 heterocycles. The summed E-state index contributed by atoms with van der Waals surface area (Å²) in [4.78, 5) is 18.3. The van der Waals surface area contributed by atoms with Gasteiger partial charge in [0.2, 0.25) is 11.8 Å². The molecule has 7 nitrogen and oxygen atoms in total. The van der Waals surface area contributed by atoms with E-state index in [1.807, 2.05) is 6.92 Å². The van der Waals surface area contributed by atoms with Crippen molar-refractivity contribution in [3.63, 3.8) is 0 Å². The van der Waals surface area contributed by atoms with Gasteiger partial charge in [0.25, 0.3) is 0 Å². The fourth-order valence-electron chi connectivity index (χ4n) is 1.80. The van der Waals surface area contributed by atoms with Gasteiger partial charge in [-0.1, -0.05) is 13.8 Å².